The summed E-state index contributed by atoms with van der Waals surface area (Å²) in [6.07, 6.45) is 1.39. The van der Waals surface area contributed by atoms with E-state index in [1.807, 2.05) is 54.6 Å². The maximum atomic E-state index is 5.60. The zero-order valence-corrected chi connectivity index (χ0v) is 11.1. The molecule has 20 heavy (non-hydrogen) atoms. The molecule has 2 rings (SSSR count). The predicted octanol–water partition coefficient (Wildman–Crippen LogP) is 4.64. The summed E-state index contributed by atoms with van der Waals surface area (Å²) in [6, 6.07) is 17.1. The van der Waals surface area contributed by atoms with Gasteiger partial charge in [0.25, 0.3) is 0 Å². The molecular weight excluding hydrogens is 252 g/mol. The second-order valence-electron chi connectivity index (χ2n) is 3.89. The molecule has 2 aromatic rings. The monoisotopic (exact) mass is 268 g/mol. The maximum absolute atomic E-state index is 5.60. The number of nitrogens with zero attached hydrogens (tertiary/aromatic N) is 2. The molecule has 0 fully saturated rings. The zero-order valence-electron chi connectivity index (χ0n) is 11.1. The second kappa shape index (κ2) is 7.74. The highest BCUT2D eigenvalue weighted by atomic mass is 16.5. The average Bonchev–Trinajstić information content (AvgIpc) is 2.51. The molecule has 0 amide bonds. The van der Waals surface area contributed by atoms with Gasteiger partial charge in [-0.1, -0.05) is 36.9 Å². The van der Waals surface area contributed by atoms with E-state index in [2.05, 4.69) is 16.8 Å². The summed E-state index contributed by atoms with van der Waals surface area (Å²) in [5.74, 6) is 0.680. The van der Waals surface area contributed by atoms with Crippen LogP contribution in [-0.2, 0) is 4.74 Å². The molecule has 0 aliphatic carbocycles. The van der Waals surface area contributed by atoms with Crippen LogP contribution in [0.3, 0.4) is 0 Å². The highest BCUT2D eigenvalue weighted by Gasteiger charge is 2.01. The van der Waals surface area contributed by atoms with Crippen LogP contribution in [0.2, 0.25) is 0 Å². The van der Waals surface area contributed by atoms with Gasteiger partial charge in [0.2, 0.25) is 0 Å². The standard InChI is InChI=1S/C16H16N2O2/c1-2-19-12-13-20-16-11-7-6-10-15(16)18-17-14-8-4-3-5-9-14/h2-11H,1,12-13H2. The molecule has 0 saturated heterocycles. The molecule has 0 unspecified atom stereocenters. The topological polar surface area (TPSA) is 43.2 Å². The Morgan fingerprint density at radius 2 is 1.65 bits per heavy atom. The lowest BCUT2D eigenvalue weighted by Gasteiger charge is -2.07. The van der Waals surface area contributed by atoms with Gasteiger partial charge in [-0.2, -0.15) is 5.11 Å². The van der Waals surface area contributed by atoms with Crippen molar-refractivity contribution in [3.05, 3.63) is 67.4 Å². The molecule has 4 heteroatoms. The highest BCUT2D eigenvalue weighted by Crippen LogP contribution is 2.28. The minimum atomic E-state index is 0.434. The molecule has 0 radical (unpaired) electrons. The van der Waals surface area contributed by atoms with Crippen molar-refractivity contribution in [1.29, 1.82) is 0 Å². The van der Waals surface area contributed by atoms with E-state index < -0.39 is 0 Å². The average molecular weight is 268 g/mol. The van der Waals surface area contributed by atoms with E-state index in [0.29, 0.717) is 24.7 Å². The number of ether oxygens (including phenoxy) is 2. The van der Waals surface area contributed by atoms with Crippen LogP contribution in [0.15, 0.2) is 77.7 Å². The van der Waals surface area contributed by atoms with E-state index in [9.17, 15) is 0 Å². The molecule has 0 aliphatic heterocycles. The summed E-state index contributed by atoms with van der Waals surface area (Å²) >= 11 is 0. The van der Waals surface area contributed by atoms with Crippen molar-refractivity contribution >= 4 is 11.4 Å². The summed E-state index contributed by atoms with van der Waals surface area (Å²) in [6.45, 7) is 4.36. The molecule has 0 aliphatic rings. The molecule has 2 aromatic carbocycles. The third-order valence-corrected chi connectivity index (χ3v) is 2.47. The molecule has 0 N–H and O–H groups in total. The van der Waals surface area contributed by atoms with E-state index >= 15 is 0 Å². The number of hydrogen-bond acceptors (Lipinski definition) is 4. The fourth-order valence-corrected chi connectivity index (χ4v) is 1.55. The van der Waals surface area contributed by atoms with Crippen LogP contribution < -0.4 is 4.74 Å². The van der Waals surface area contributed by atoms with Crippen molar-refractivity contribution < 1.29 is 9.47 Å². The van der Waals surface area contributed by atoms with Crippen LogP contribution in [0.5, 0.6) is 5.75 Å². The fourth-order valence-electron chi connectivity index (χ4n) is 1.55. The first-order valence-electron chi connectivity index (χ1n) is 6.31. The Bertz CT molecular complexity index is 568. The van der Waals surface area contributed by atoms with Gasteiger partial charge in [0.05, 0.1) is 11.9 Å². The summed E-state index contributed by atoms with van der Waals surface area (Å²) < 4.78 is 10.6. The van der Waals surface area contributed by atoms with Crippen molar-refractivity contribution in [2.45, 2.75) is 0 Å². The lowest BCUT2D eigenvalue weighted by molar-refractivity contribution is 0.180. The first kappa shape index (κ1) is 13.8. The van der Waals surface area contributed by atoms with Gasteiger partial charge >= 0.3 is 0 Å². The lowest BCUT2D eigenvalue weighted by atomic mass is 10.3. The fraction of sp³-hybridized carbons (Fsp3) is 0.125. The smallest absolute Gasteiger partial charge is 0.146 e. The Morgan fingerprint density at radius 1 is 0.900 bits per heavy atom. The largest absolute Gasteiger partial charge is 0.498 e. The normalized spacial score (nSPS) is 10.4. The predicted molar refractivity (Wildman–Crippen MR) is 78.7 cm³/mol. The first-order valence-corrected chi connectivity index (χ1v) is 6.31. The van der Waals surface area contributed by atoms with Crippen molar-refractivity contribution in [2.75, 3.05) is 13.2 Å². The van der Waals surface area contributed by atoms with Crippen molar-refractivity contribution in [3.63, 3.8) is 0 Å². The molecule has 0 atom stereocenters. The second-order valence-corrected chi connectivity index (χ2v) is 3.89. The molecule has 4 nitrogen and oxygen atoms in total. The molecule has 0 aromatic heterocycles. The van der Waals surface area contributed by atoms with Crippen LogP contribution >= 0.6 is 0 Å². The third-order valence-electron chi connectivity index (χ3n) is 2.47. The Morgan fingerprint density at radius 3 is 2.45 bits per heavy atom. The van der Waals surface area contributed by atoms with Gasteiger partial charge < -0.3 is 9.47 Å². The summed E-state index contributed by atoms with van der Waals surface area (Å²) in [5, 5.41) is 8.39. The first-order chi connectivity index (χ1) is 9.90. The Balaban J connectivity index is 2.04. The van der Waals surface area contributed by atoms with Crippen LogP contribution in [0, 0.1) is 0 Å². The SMILES string of the molecule is C=COCCOc1ccccc1N=Nc1ccccc1. The minimum Gasteiger partial charge on any atom is -0.498 e. The maximum Gasteiger partial charge on any atom is 0.146 e. The number of rotatable bonds is 7. The van der Waals surface area contributed by atoms with Gasteiger partial charge in [0, 0.05) is 0 Å². The van der Waals surface area contributed by atoms with E-state index in [0.717, 1.165) is 5.69 Å². The van der Waals surface area contributed by atoms with Crippen LogP contribution in [0.25, 0.3) is 0 Å². The number of benzene rings is 2. The van der Waals surface area contributed by atoms with Gasteiger partial charge in [-0.3, -0.25) is 0 Å². The Hall–Kier alpha value is -2.62. The molecule has 0 heterocycles. The lowest BCUT2D eigenvalue weighted by Crippen LogP contribution is -2.03. The molecular formula is C16H16N2O2. The van der Waals surface area contributed by atoms with Gasteiger partial charge in [0.1, 0.15) is 24.7 Å². The van der Waals surface area contributed by atoms with Crippen LogP contribution in [0.4, 0.5) is 11.4 Å². The quantitative estimate of drug-likeness (QED) is 0.417. The van der Waals surface area contributed by atoms with Crippen molar-refractivity contribution in [1.82, 2.24) is 0 Å². The van der Waals surface area contributed by atoms with Gasteiger partial charge in [-0.15, -0.1) is 5.11 Å². The number of para-hydroxylation sites is 1. The minimum absolute atomic E-state index is 0.434. The number of hydrogen-bond donors (Lipinski definition) is 0. The van der Waals surface area contributed by atoms with E-state index in [4.69, 9.17) is 9.47 Å². The summed E-state index contributed by atoms with van der Waals surface area (Å²) in [7, 11) is 0. The van der Waals surface area contributed by atoms with Gasteiger partial charge in [0.15, 0.2) is 0 Å². The Kier molecular flexibility index (Phi) is 5.34. The molecule has 0 saturated carbocycles. The van der Waals surface area contributed by atoms with Crippen LogP contribution in [-0.4, -0.2) is 13.2 Å². The zero-order chi connectivity index (χ0) is 14.0. The third kappa shape index (κ3) is 4.24. The molecule has 0 bridgehead atoms. The summed E-state index contributed by atoms with van der Waals surface area (Å²) in [4.78, 5) is 0. The van der Waals surface area contributed by atoms with Crippen molar-refractivity contribution in [2.24, 2.45) is 10.2 Å². The Labute approximate surface area is 118 Å². The summed E-state index contributed by atoms with van der Waals surface area (Å²) in [5.41, 5.74) is 1.49. The van der Waals surface area contributed by atoms with Crippen LogP contribution in [0.1, 0.15) is 0 Å². The molecule has 0 spiro atoms. The number of azo groups is 1. The van der Waals surface area contributed by atoms with E-state index in [-0.39, 0.29) is 0 Å². The van der Waals surface area contributed by atoms with E-state index in [1.54, 1.807) is 0 Å². The molecule has 102 valence electrons. The van der Waals surface area contributed by atoms with E-state index in [1.165, 1.54) is 6.26 Å². The highest BCUT2D eigenvalue weighted by molar-refractivity contribution is 5.51. The van der Waals surface area contributed by atoms with Gasteiger partial charge in [-0.25, -0.2) is 0 Å². The van der Waals surface area contributed by atoms with Gasteiger partial charge in [-0.05, 0) is 24.3 Å². The van der Waals surface area contributed by atoms with Crippen molar-refractivity contribution in [3.8, 4) is 5.75 Å².